The Morgan fingerprint density at radius 3 is 2.48 bits per heavy atom. The maximum absolute atomic E-state index is 14.4. The second-order valence-corrected chi connectivity index (χ2v) is 4.80. The first-order valence-corrected chi connectivity index (χ1v) is 6.36. The van der Waals surface area contributed by atoms with Gasteiger partial charge in [0.1, 0.15) is 11.3 Å². The number of halogens is 3. The van der Waals surface area contributed by atoms with Gasteiger partial charge in [0.05, 0.1) is 23.5 Å². The first-order chi connectivity index (χ1) is 10.9. The van der Waals surface area contributed by atoms with Gasteiger partial charge in [0.25, 0.3) is 5.91 Å². The van der Waals surface area contributed by atoms with Crippen LogP contribution in [0.2, 0.25) is 0 Å². The minimum Gasteiger partial charge on any atom is -0.497 e. The highest BCUT2D eigenvalue weighted by Crippen LogP contribution is 2.27. The summed E-state index contributed by atoms with van der Waals surface area (Å²) in [6, 6.07) is 4.22. The zero-order valence-electron chi connectivity index (χ0n) is 11.7. The van der Waals surface area contributed by atoms with E-state index in [1.54, 1.807) is 0 Å². The van der Waals surface area contributed by atoms with Crippen LogP contribution in [0.15, 0.2) is 23.0 Å². The number of hydrogen-bond acceptors (Lipinski definition) is 3. The molecule has 0 unspecified atom stereocenters. The number of ether oxygens (including phenoxy) is 1. The Balaban J connectivity index is 2.60. The Morgan fingerprint density at radius 2 is 1.87 bits per heavy atom. The van der Waals surface area contributed by atoms with E-state index in [1.165, 1.54) is 25.3 Å². The molecule has 2 aromatic carbocycles. The highest BCUT2D eigenvalue weighted by atomic mass is 19.2. The molecular weight excluding hydrogens is 313 g/mol. The van der Waals surface area contributed by atoms with Crippen LogP contribution >= 0.6 is 0 Å². The van der Waals surface area contributed by atoms with Crippen LogP contribution in [0.5, 0.6) is 5.75 Å². The monoisotopic (exact) mass is 322 g/mol. The number of nitrogens with one attached hydrogen (secondary N) is 1. The fraction of sp³-hybridized carbons (Fsp3) is 0.0667. The van der Waals surface area contributed by atoms with E-state index in [4.69, 9.17) is 10.5 Å². The van der Waals surface area contributed by atoms with Crippen LogP contribution in [0, 0.1) is 17.5 Å². The molecule has 1 heterocycles. The Kier molecular flexibility index (Phi) is 3.24. The molecule has 3 rings (SSSR count). The number of primary amides is 1. The van der Waals surface area contributed by atoms with Crippen LogP contribution in [0.4, 0.5) is 13.2 Å². The molecule has 0 aliphatic carbocycles. The molecular formula is C15H9F3N2O3. The molecule has 0 radical (unpaired) electrons. The Morgan fingerprint density at radius 1 is 1.17 bits per heavy atom. The van der Waals surface area contributed by atoms with Gasteiger partial charge >= 0.3 is 0 Å². The minimum absolute atomic E-state index is 0.00261. The van der Waals surface area contributed by atoms with E-state index in [2.05, 4.69) is 4.98 Å². The van der Waals surface area contributed by atoms with Gasteiger partial charge in [-0.3, -0.25) is 9.59 Å². The Bertz CT molecular complexity index is 1040. The molecule has 0 atom stereocenters. The van der Waals surface area contributed by atoms with E-state index in [0.717, 1.165) is 0 Å². The van der Waals surface area contributed by atoms with E-state index in [-0.39, 0.29) is 10.9 Å². The van der Waals surface area contributed by atoms with Crippen molar-refractivity contribution in [1.82, 2.24) is 4.98 Å². The largest absolute Gasteiger partial charge is 0.497 e. The second kappa shape index (κ2) is 5.01. The van der Waals surface area contributed by atoms with Crippen LogP contribution in [-0.2, 0) is 0 Å². The fourth-order valence-electron chi connectivity index (χ4n) is 2.42. The zero-order valence-corrected chi connectivity index (χ0v) is 11.7. The van der Waals surface area contributed by atoms with Crippen molar-refractivity contribution >= 4 is 27.7 Å². The molecule has 8 heteroatoms. The number of carbonyl (C=O) groups excluding carboxylic acids is 1. The molecule has 118 valence electrons. The second-order valence-electron chi connectivity index (χ2n) is 4.80. The molecule has 0 saturated heterocycles. The van der Waals surface area contributed by atoms with Gasteiger partial charge in [-0.2, -0.15) is 0 Å². The topological polar surface area (TPSA) is 85.2 Å². The van der Waals surface area contributed by atoms with Crippen molar-refractivity contribution in [1.29, 1.82) is 0 Å². The number of benzene rings is 2. The summed E-state index contributed by atoms with van der Waals surface area (Å²) in [6.07, 6.45) is 0. The summed E-state index contributed by atoms with van der Waals surface area (Å²) in [6.45, 7) is 0. The Labute approximate surface area is 126 Å². The lowest BCUT2D eigenvalue weighted by molar-refractivity contribution is 0.0991. The molecule has 1 aromatic heterocycles. The van der Waals surface area contributed by atoms with Gasteiger partial charge in [-0.1, -0.05) is 0 Å². The lowest BCUT2D eigenvalue weighted by atomic mass is 10.0. The summed E-state index contributed by atoms with van der Waals surface area (Å²) in [5.74, 6) is -5.99. The number of aromatic amines is 1. The predicted octanol–water partition coefficient (Wildman–Crippen LogP) is 2.21. The SMILES string of the molecule is COc1ccc2[nH]c3c(F)c(F)c(C(N)=O)c(F)c3c(=O)c2c1. The number of fused-ring (bicyclic) bond motifs is 2. The predicted molar refractivity (Wildman–Crippen MR) is 77.0 cm³/mol. The highest BCUT2D eigenvalue weighted by Gasteiger charge is 2.26. The fourth-order valence-corrected chi connectivity index (χ4v) is 2.42. The molecule has 3 N–H and O–H groups in total. The van der Waals surface area contributed by atoms with Crippen molar-refractivity contribution in [3.8, 4) is 5.75 Å². The normalized spacial score (nSPS) is 11.1. The summed E-state index contributed by atoms with van der Waals surface area (Å²) >= 11 is 0. The van der Waals surface area contributed by atoms with Crippen LogP contribution < -0.4 is 15.9 Å². The molecule has 0 spiro atoms. The molecule has 5 nitrogen and oxygen atoms in total. The molecule has 3 aromatic rings. The van der Waals surface area contributed by atoms with E-state index < -0.39 is 45.3 Å². The smallest absolute Gasteiger partial charge is 0.254 e. The lowest BCUT2D eigenvalue weighted by Crippen LogP contribution is -2.20. The average Bonchev–Trinajstić information content (AvgIpc) is 2.52. The van der Waals surface area contributed by atoms with Crippen LogP contribution in [0.1, 0.15) is 10.4 Å². The number of nitrogens with two attached hydrogens (primary N) is 1. The third-order valence-corrected chi connectivity index (χ3v) is 3.53. The average molecular weight is 322 g/mol. The number of rotatable bonds is 2. The number of aromatic nitrogens is 1. The van der Waals surface area contributed by atoms with Crippen LogP contribution in [-0.4, -0.2) is 18.0 Å². The summed E-state index contributed by atoms with van der Waals surface area (Å²) in [5.41, 5.74) is 2.15. The van der Waals surface area contributed by atoms with Gasteiger partial charge < -0.3 is 15.5 Å². The molecule has 0 aliphatic rings. The molecule has 23 heavy (non-hydrogen) atoms. The number of pyridine rings is 1. The molecule has 0 saturated carbocycles. The van der Waals surface area contributed by atoms with Crippen molar-refractivity contribution in [3.05, 3.63) is 51.4 Å². The number of hydrogen-bond donors (Lipinski definition) is 2. The van der Waals surface area contributed by atoms with Gasteiger partial charge in [-0.15, -0.1) is 0 Å². The number of H-pyrrole nitrogens is 1. The number of carbonyl (C=O) groups is 1. The third kappa shape index (κ3) is 2.02. The van der Waals surface area contributed by atoms with Crippen molar-refractivity contribution in [2.75, 3.05) is 7.11 Å². The van der Waals surface area contributed by atoms with Gasteiger partial charge in [0.2, 0.25) is 0 Å². The highest BCUT2D eigenvalue weighted by molar-refractivity contribution is 6.00. The van der Waals surface area contributed by atoms with Crippen LogP contribution in [0.3, 0.4) is 0 Å². The first-order valence-electron chi connectivity index (χ1n) is 6.36. The summed E-state index contributed by atoms with van der Waals surface area (Å²) in [5, 5.41) is -0.782. The van der Waals surface area contributed by atoms with Crippen molar-refractivity contribution in [3.63, 3.8) is 0 Å². The minimum atomic E-state index is -1.74. The molecule has 1 amide bonds. The first kappa shape index (κ1) is 14.9. The quantitative estimate of drug-likeness (QED) is 0.560. The van der Waals surface area contributed by atoms with E-state index >= 15 is 0 Å². The van der Waals surface area contributed by atoms with Crippen molar-refractivity contribution in [2.24, 2.45) is 5.73 Å². The summed E-state index contributed by atoms with van der Waals surface area (Å²) in [4.78, 5) is 26.1. The van der Waals surface area contributed by atoms with E-state index in [9.17, 15) is 22.8 Å². The third-order valence-electron chi connectivity index (χ3n) is 3.53. The lowest BCUT2D eigenvalue weighted by Gasteiger charge is -2.09. The Hall–Kier alpha value is -3.03. The molecule has 0 aliphatic heterocycles. The zero-order chi connectivity index (χ0) is 16.9. The number of methoxy groups -OCH3 is 1. The van der Waals surface area contributed by atoms with Gasteiger partial charge in [-0.05, 0) is 18.2 Å². The van der Waals surface area contributed by atoms with E-state index in [1.807, 2.05) is 0 Å². The molecule has 0 fully saturated rings. The standard InChI is InChI=1S/C15H9F3N2O3/c1-23-5-2-3-7-6(4-5)14(21)9-10(16)8(15(19)22)11(17)12(18)13(9)20-7/h2-4H,1H3,(H2,19,22)(H,20,21). The summed E-state index contributed by atoms with van der Waals surface area (Å²) < 4.78 is 47.3. The van der Waals surface area contributed by atoms with Crippen LogP contribution in [0.25, 0.3) is 21.8 Å². The number of amides is 1. The maximum Gasteiger partial charge on any atom is 0.254 e. The van der Waals surface area contributed by atoms with Gasteiger partial charge in [-0.25, -0.2) is 13.2 Å². The summed E-state index contributed by atoms with van der Waals surface area (Å²) in [7, 11) is 1.37. The van der Waals surface area contributed by atoms with Crippen molar-refractivity contribution in [2.45, 2.75) is 0 Å². The van der Waals surface area contributed by atoms with E-state index in [0.29, 0.717) is 5.75 Å². The van der Waals surface area contributed by atoms with Gasteiger partial charge in [0, 0.05) is 5.39 Å². The van der Waals surface area contributed by atoms with Gasteiger partial charge in [0.15, 0.2) is 22.9 Å². The maximum atomic E-state index is 14.4. The van der Waals surface area contributed by atoms with Crippen molar-refractivity contribution < 1.29 is 22.7 Å². The molecule has 0 bridgehead atoms.